The Balaban J connectivity index is 1.34. The molecule has 0 saturated carbocycles. The molecule has 0 unspecified atom stereocenters. The van der Waals surface area contributed by atoms with Crippen LogP contribution in [0.3, 0.4) is 0 Å². The second-order valence-corrected chi connectivity index (χ2v) is 9.89. The number of aliphatic imine (C=N–C) groups is 1. The number of amides is 2. The van der Waals surface area contributed by atoms with E-state index in [2.05, 4.69) is 15.4 Å². The van der Waals surface area contributed by atoms with Crippen molar-refractivity contribution in [1.82, 2.24) is 5.01 Å². The molecule has 0 spiro atoms. The van der Waals surface area contributed by atoms with Crippen molar-refractivity contribution in [2.24, 2.45) is 10.1 Å². The van der Waals surface area contributed by atoms with Gasteiger partial charge in [-0.1, -0.05) is 42.1 Å². The number of hydrazone groups is 1. The molecule has 2 heterocycles. The molecule has 6 nitrogen and oxygen atoms in total. The van der Waals surface area contributed by atoms with Crippen LogP contribution in [0.25, 0.3) is 0 Å². The van der Waals surface area contributed by atoms with Crippen LogP contribution in [-0.4, -0.2) is 33.0 Å². The predicted octanol–water partition coefficient (Wildman–Crippen LogP) is 5.59. The number of carbonyl (C=O) groups excluding carboxylic acids is 2. The van der Waals surface area contributed by atoms with Crippen molar-refractivity contribution < 1.29 is 22.8 Å². The summed E-state index contributed by atoms with van der Waals surface area (Å²) in [5.41, 5.74) is 2.90. The highest BCUT2D eigenvalue weighted by Crippen LogP contribution is 2.38. The van der Waals surface area contributed by atoms with Gasteiger partial charge in [0.1, 0.15) is 22.7 Å². The molecule has 0 fully saturated rings. The molecule has 2 atom stereocenters. The molecule has 37 heavy (non-hydrogen) atoms. The molecule has 0 saturated heterocycles. The van der Waals surface area contributed by atoms with Gasteiger partial charge in [0.25, 0.3) is 5.91 Å². The SMILES string of the molecule is Cc1ccc(NC(=O)C[C@H]2SC(N3N=C(c4ccc(F)cc4)C[C@@H]3c3ccc(F)cc3)=NC2=O)cc1F. The van der Waals surface area contributed by atoms with Gasteiger partial charge in [0.2, 0.25) is 5.91 Å². The lowest BCUT2D eigenvalue weighted by molar-refractivity contribution is -0.121. The predicted molar refractivity (Wildman–Crippen MR) is 137 cm³/mol. The van der Waals surface area contributed by atoms with Crippen molar-refractivity contribution in [2.75, 3.05) is 5.32 Å². The number of benzene rings is 3. The lowest BCUT2D eigenvalue weighted by atomic mass is 9.98. The minimum atomic E-state index is -0.774. The molecule has 2 amide bonds. The van der Waals surface area contributed by atoms with Gasteiger partial charge in [0.15, 0.2) is 5.17 Å². The molecule has 1 N–H and O–H groups in total. The quantitative estimate of drug-likeness (QED) is 0.474. The molecule has 0 bridgehead atoms. The number of halogens is 3. The third-order valence-electron chi connectivity index (χ3n) is 6.09. The van der Waals surface area contributed by atoms with Gasteiger partial charge >= 0.3 is 0 Å². The van der Waals surface area contributed by atoms with E-state index in [1.54, 1.807) is 48.3 Å². The first-order chi connectivity index (χ1) is 17.8. The van der Waals surface area contributed by atoms with Crippen LogP contribution in [0.5, 0.6) is 0 Å². The zero-order valence-electron chi connectivity index (χ0n) is 19.6. The molecule has 10 heteroatoms. The van der Waals surface area contributed by atoms with Gasteiger partial charge < -0.3 is 5.32 Å². The molecule has 0 radical (unpaired) electrons. The number of amidine groups is 1. The van der Waals surface area contributed by atoms with Crippen LogP contribution in [-0.2, 0) is 9.59 Å². The van der Waals surface area contributed by atoms with Crippen LogP contribution in [0.2, 0.25) is 0 Å². The number of nitrogens with zero attached hydrogens (tertiary/aromatic N) is 3. The highest BCUT2D eigenvalue weighted by Gasteiger charge is 2.39. The average molecular weight is 523 g/mol. The Morgan fingerprint density at radius 1 is 1.03 bits per heavy atom. The average Bonchev–Trinajstić information content (AvgIpc) is 3.46. The molecule has 3 aromatic carbocycles. The minimum Gasteiger partial charge on any atom is -0.326 e. The van der Waals surface area contributed by atoms with Gasteiger partial charge in [-0.15, -0.1) is 0 Å². The Morgan fingerprint density at radius 3 is 2.38 bits per heavy atom. The number of rotatable bonds is 5. The number of aryl methyl sites for hydroxylation is 1. The number of carbonyl (C=O) groups is 2. The summed E-state index contributed by atoms with van der Waals surface area (Å²) in [5, 5.41) is 8.42. The van der Waals surface area contributed by atoms with Crippen molar-refractivity contribution in [3.05, 3.63) is 101 Å². The topological polar surface area (TPSA) is 74.1 Å². The van der Waals surface area contributed by atoms with E-state index in [1.165, 1.54) is 30.3 Å². The first-order valence-corrected chi connectivity index (χ1v) is 12.4. The molecule has 2 aliphatic rings. The number of hydrogen-bond acceptors (Lipinski definition) is 5. The summed E-state index contributed by atoms with van der Waals surface area (Å²) in [6.45, 7) is 1.62. The Labute approximate surface area is 215 Å². The fraction of sp³-hybridized carbons (Fsp3) is 0.185. The maximum atomic E-state index is 13.8. The van der Waals surface area contributed by atoms with Crippen LogP contribution in [0.15, 0.2) is 76.8 Å². The first kappa shape index (κ1) is 24.8. The standard InChI is InChI=1S/C27H21F3N4O2S/c1-15-2-11-20(12-21(15)30)31-25(35)14-24-26(36)32-27(37-24)34-23(17-5-9-19(29)10-6-17)13-22(33-34)16-3-7-18(28)8-4-16/h2-12,23-24H,13-14H2,1H3,(H,31,35)/t23-,24-/m1/s1. The summed E-state index contributed by atoms with van der Waals surface area (Å²) in [7, 11) is 0. The second kappa shape index (κ2) is 10.2. The van der Waals surface area contributed by atoms with Crippen LogP contribution < -0.4 is 5.32 Å². The summed E-state index contributed by atoms with van der Waals surface area (Å²) in [4.78, 5) is 29.4. The van der Waals surface area contributed by atoms with Gasteiger partial charge in [-0.05, 0) is 60.0 Å². The summed E-state index contributed by atoms with van der Waals surface area (Å²) in [5.74, 6) is -2.11. The number of nitrogens with one attached hydrogen (secondary N) is 1. The summed E-state index contributed by atoms with van der Waals surface area (Å²) < 4.78 is 40.8. The molecule has 2 aliphatic heterocycles. The Hall–Kier alpha value is -3.92. The normalized spacial score (nSPS) is 19.1. The van der Waals surface area contributed by atoms with Crippen molar-refractivity contribution in [2.45, 2.75) is 31.1 Å². The number of hydrogen-bond donors (Lipinski definition) is 1. The van der Waals surface area contributed by atoms with Crippen molar-refractivity contribution in [1.29, 1.82) is 0 Å². The first-order valence-electron chi connectivity index (χ1n) is 11.5. The van der Waals surface area contributed by atoms with Crippen molar-refractivity contribution in [3.8, 4) is 0 Å². The molecule has 188 valence electrons. The fourth-order valence-electron chi connectivity index (χ4n) is 4.10. The zero-order valence-corrected chi connectivity index (χ0v) is 20.4. The second-order valence-electron chi connectivity index (χ2n) is 8.73. The Kier molecular flexibility index (Phi) is 6.84. The summed E-state index contributed by atoms with van der Waals surface area (Å²) >= 11 is 1.11. The minimum absolute atomic E-state index is 0.157. The number of thioether (sulfide) groups is 1. The highest BCUT2D eigenvalue weighted by atomic mass is 32.2. The molecular formula is C27H21F3N4O2S. The van der Waals surface area contributed by atoms with E-state index in [4.69, 9.17) is 0 Å². The highest BCUT2D eigenvalue weighted by molar-refractivity contribution is 8.15. The van der Waals surface area contributed by atoms with Gasteiger partial charge in [0.05, 0.1) is 11.8 Å². The summed E-state index contributed by atoms with van der Waals surface area (Å²) in [6, 6.07) is 15.9. The van der Waals surface area contributed by atoms with E-state index in [1.807, 2.05) is 0 Å². The van der Waals surface area contributed by atoms with E-state index in [0.29, 0.717) is 34.1 Å². The molecule has 0 aliphatic carbocycles. The van der Waals surface area contributed by atoms with E-state index >= 15 is 0 Å². The maximum absolute atomic E-state index is 13.8. The summed E-state index contributed by atoms with van der Waals surface area (Å²) in [6.07, 6.45) is 0.269. The fourth-order valence-corrected chi connectivity index (χ4v) is 5.17. The molecular weight excluding hydrogens is 501 g/mol. The zero-order chi connectivity index (χ0) is 26.1. The van der Waals surface area contributed by atoms with Crippen molar-refractivity contribution in [3.63, 3.8) is 0 Å². The third-order valence-corrected chi connectivity index (χ3v) is 7.24. The van der Waals surface area contributed by atoms with E-state index in [-0.39, 0.29) is 24.1 Å². The largest absolute Gasteiger partial charge is 0.326 e. The monoisotopic (exact) mass is 522 g/mol. The number of anilines is 1. The Bertz CT molecular complexity index is 1420. The van der Waals surface area contributed by atoms with Crippen LogP contribution in [0.4, 0.5) is 18.9 Å². The van der Waals surface area contributed by atoms with Crippen LogP contribution in [0, 0.1) is 24.4 Å². The van der Waals surface area contributed by atoms with E-state index in [0.717, 1.165) is 17.3 Å². The van der Waals surface area contributed by atoms with Crippen LogP contribution in [0.1, 0.15) is 35.6 Å². The van der Waals surface area contributed by atoms with Gasteiger partial charge in [0, 0.05) is 18.5 Å². The molecule has 0 aromatic heterocycles. The third kappa shape index (κ3) is 5.43. The molecule has 5 rings (SSSR count). The lowest BCUT2D eigenvalue weighted by Crippen LogP contribution is -2.25. The van der Waals surface area contributed by atoms with Crippen molar-refractivity contribution >= 4 is 40.1 Å². The van der Waals surface area contributed by atoms with Crippen LogP contribution >= 0.6 is 11.8 Å². The maximum Gasteiger partial charge on any atom is 0.262 e. The van der Waals surface area contributed by atoms with Gasteiger partial charge in [-0.25, -0.2) is 18.2 Å². The Morgan fingerprint density at radius 2 is 1.70 bits per heavy atom. The van der Waals surface area contributed by atoms with E-state index < -0.39 is 22.9 Å². The smallest absolute Gasteiger partial charge is 0.262 e. The van der Waals surface area contributed by atoms with Gasteiger partial charge in [-0.3, -0.25) is 9.59 Å². The molecule has 3 aromatic rings. The lowest BCUT2D eigenvalue weighted by Gasteiger charge is -2.23. The van der Waals surface area contributed by atoms with Gasteiger partial charge in [-0.2, -0.15) is 10.1 Å². The van der Waals surface area contributed by atoms with E-state index in [9.17, 15) is 22.8 Å².